The lowest BCUT2D eigenvalue weighted by Gasteiger charge is -2.14. The molecule has 0 aliphatic rings. The normalized spacial score (nSPS) is 11.8. The fourth-order valence-electron chi connectivity index (χ4n) is 1.69. The number of aromatic nitrogens is 1. The Morgan fingerprint density at radius 1 is 1.24 bits per heavy atom. The maximum absolute atomic E-state index is 11.7. The number of carboxylic acids is 1. The Labute approximate surface area is 118 Å². The molecular weight excluding hydrogens is 280 g/mol. The molecule has 1 heterocycles. The van der Waals surface area contributed by atoms with Crippen LogP contribution in [0.2, 0.25) is 0 Å². The third-order valence-electron chi connectivity index (χ3n) is 2.75. The van der Waals surface area contributed by atoms with Gasteiger partial charge in [-0.2, -0.15) is 0 Å². The zero-order valence-corrected chi connectivity index (χ0v) is 10.7. The maximum Gasteiger partial charge on any atom is 0.326 e. The first kappa shape index (κ1) is 14.4. The number of phenolic OH excluding ortho intramolecular Hbond substituents is 2. The van der Waals surface area contributed by atoms with Crippen molar-refractivity contribution in [1.29, 1.82) is 0 Å². The molecule has 1 atom stereocenters. The Morgan fingerprint density at radius 2 is 2.00 bits per heavy atom. The lowest BCUT2D eigenvalue weighted by molar-refractivity contribution is -0.139. The number of aromatic hydroxyl groups is 2. The lowest BCUT2D eigenvalue weighted by atomic mass is 10.1. The molecule has 0 spiro atoms. The van der Waals surface area contributed by atoms with Crippen molar-refractivity contribution in [3.8, 4) is 11.5 Å². The highest BCUT2D eigenvalue weighted by Gasteiger charge is 2.22. The van der Waals surface area contributed by atoms with Gasteiger partial charge in [-0.1, -0.05) is 11.2 Å². The summed E-state index contributed by atoms with van der Waals surface area (Å²) >= 11 is 0. The van der Waals surface area contributed by atoms with E-state index < -0.39 is 17.9 Å². The first-order valence-corrected chi connectivity index (χ1v) is 5.92. The Bertz CT molecular complexity index is 653. The molecule has 0 bridgehead atoms. The largest absolute Gasteiger partial charge is 0.504 e. The van der Waals surface area contributed by atoms with E-state index in [2.05, 4.69) is 15.0 Å². The predicted octanol–water partition coefficient (Wildman–Crippen LogP) is 0.511. The van der Waals surface area contributed by atoms with Gasteiger partial charge in [-0.05, 0) is 17.7 Å². The number of carbonyl (C=O) groups excluding carboxylic acids is 1. The van der Waals surface area contributed by atoms with Crippen LogP contribution in [0.4, 0.5) is 0 Å². The van der Waals surface area contributed by atoms with Crippen LogP contribution in [0.5, 0.6) is 11.5 Å². The van der Waals surface area contributed by atoms with E-state index in [1.165, 1.54) is 30.5 Å². The minimum Gasteiger partial charge on any atom is -0.504 e. The molecule has 2 rings (SSSR count). The second kappa shape index (κ2) is 5.95. The van der Waals surface area contributed by atoms with Gasteiger partial charge in [0.1, 0.15) is 12.3 Å². The minimum atomic E-state index is -1.24. The van der Waals surface area contributed by atoms with Crippen molar-refractivity contribution in [2.45, 2.75) is 12.5 Å². The summed E-state index contributed by atoms with van der Waals surface area (Å²) in [5.41, 5.74) is 0.410. The Morgan fingerprint density at radius 3 is 2.57 bits per heavy atom. The van der Waals surface area contributed by atoms with E-state index in [1.807, 2.05) is 0 Å². The number of aliphatic carboxylic acids is 1. The number of carboxylic acid groups (broad SMARTS) is 1. The number of hydrogen-bond acceptors (Lipinski definition) is 6. The third-order valence-corrected chi connectivity index (χ3v) is 2.75. The maximum atomic E-state index is 11.7. The molecule has 8 heteroatoms. The quantitative estimate of drug-likeness (QED) is 0.590. The van der Waals surface area contributed by atoms with Crippen LogP contribution in [0, 0.1) is 0 Å². The van der Waals surface area contributed by atoms with Crippen LogP contribution in [0.3, 0.4) is 0 Å². The molecule has 21 heavy (non-hydrogen) atoms. The van der Waals surface area contributed by atoms with E-state index >= 15 is 0 Å². The molecule has 1 aromatic heterocycles. The highest BCUT2D eigenvalue weighted by molar-refractivity contribution is 5.94. The van der Waals surface area contributed by atoms with Crippen LogP contribution < -0.4 is 5.32 Å². The number of carbonyl (C=O) groups is 2. The number of amides is 1. The molecule has 0 radical (unpaired) electrons. The minimum absolute atomic E-state index is 0.0326. The molecule has 4 N–H and O–H groups in total. The molecule has 0 saturated heterocycles. The number of nitrogens with one attached hydrogen (secondary N) is 1. The Hall–Kier alpha value is -3.03. The average molecular weight is 292 g/mol. The van der Waals surface area contributed by atoms with Gasteiger partial charge >= 0.3 is 5.97 Å². The Kier molecular flexibility index (Phi) is 4.07. The summed E-state index contributed by atoms with van der Waals surface area (Å²) in [7, 11) is 0. The van der Waals surface area contributed by atoms with Gasteiger partial charge in [0.15, 0.2) is 17.2 Å². The number of nitrogens with zero attached hydrogens (tertiary/aromatic N) is 1. The highest BCUT2D eigenvalue weighted by atomic mass is 16.5. The first-order chi connectivity index (χ1) is 9.97. The fraction of sp³-hybridized carbons (Fsp3) is 0.154. The second-order valence-corrected chi connectivity index (χ2v) is 4.28. The molecule has 0 aliphatic heterocycles. The molecular formula is C13H12N2O6. The SMILES string of the molecule is O=C(N[C@@H](Cc1ccc(O)c(O)c1)C(=O)O)c1ccon1. The molecule has 2 aromatic rings. The first-order valence-electron chi connectivity index (χ1n) is 5.92. The van der Waals surface area contributed by atoms with E-state index in [4.69, 9.17) is 5.11 Å². The standard InChI is InChI=1S/C13H12N2O6/c16-10-2-1-7(6-11(10)17)5-9(13(19)20)14-12(18)8-3-4-21-15-8/h1-4,6,9,16-17H,5H2,(H,14,18)(H,19,20)/t9-/m0/s1. The highest BCUT2D eigenvalue weighted by Crippen LogP contribution is 2.25. The van der Waals surface area contributed by atoms with Crippen molar-refractivity contribution in [1.82, 2.24) is 10.5 Å². The summed E-state index contributed by atoms with van der Waals surface area (Å²) in [5.74, 6) is -2.59. The van der Waals surface area contributed by atoms with Crippen LogP contribution in [0.15, 0.2) is 35.1 Å². The van der Waals surface area contributed by atoms with E-state index in [-0.39, 0.29) is 23.6 Å². The van der Waals surface area contributed by atoms with Gasteiger partial charge in [0.25, 0.3) is 5.91 Å². The van der Waals surface area contributed by atoms with Gasteiger partial charge in [-0.25, -0.2) is 4.79 Å². The van der Waals surface area contributed by atoms with Gasteiger partial charge < -0.3 is 25.2 Å². The summed E-state index contributed by atoms with van der Waals surface area (Å²) in [5, 5.41) is 33.4. The number of benzene rings is 1. The summed E-state index contributed by atoms with van der Waals surface area (Å²) in [6, 6.07) is 4.02. The number of phenols is 2. The summed E-state index contributed by atoms with van der Waals surface area (Å²) in [6.45, 7) is 0. The second-order valence-electron chi connectivity index (χ2n) is 4.28. The van der Waals surface area contributed by atoms with Crippen LogP contribution in [-0.4, -0.2) is 38.4 Å². The summed E-state index contributed by atoms with van der Waals surface area (Å²) in [6.07, 6.45) is 1.13. The van der Waals surface area contributed by atoms with Gasteiger partial charge in [-0.15, -0.1) is 0 Å². The summed E-state index contributed by atoms with van der Waals surface area (Å²) in [4.78, 5) is 22.9. The molecule has 0 unspecified atom stereocenters. The average Bonchev–Trinajstić information content (AvgIpc) is 2.96. The van der Waals surface area contributed by atoms with Crippen molar-refractivity contribution >= 4 is 11.9 Å². The van der Waals surface area contributed by atoms with E-state index in [0.717, 1.165) is 0 Å². The van der Waals surface area contributed by atoms with Gasteiger partial charge in [0, 0.05) is 12.5 Å². The van der Waals surface area contributed by atoms with Gasteiger partial charge in [0.2, 0.25) is 0 Å². The van der Waals surface area contributed by atoms with Crippen molar-refractivity contribution in [3.05, 3.63) is 41.8 Å². The van der Waals surface area contributed by atoms with Crippen molar-refractivity contribution in [2.24, 2.45) is 0 Å². The zero-order valence-electron chi connectivity index (χ0n) is 10.7. The van der Waals surface area contributed by atoms with Crippen LogP contribution in [-0.2, 0) is 11.2 Å². The fourth-order valence-corrected chi connectivity index (χ4v) is 1.69. The van der Waals surface area contributed by atoms with Crippen LogP contribution >= 0.6 is 0 Å². The monoisotopic (exact) mass is 292 g/mol. The van der Waals surface area contributed by atoms with E-state index in [1.54, 1.807) is 0 Å². The van der Waals surface area contributed by atoms with Crippen molar-refractivity contribution in [2.75, 3.05) is 0 Å². The lowest BCUT2D eigenvalue weighted by Crippen LogP contribution is -2.42. The van der Waals surface area contributed by atoms with E-state index in [9.17, 15) is 19.8 Å². The molecule has 0 fully saturated rings. The smallest absolute Gasteiger partial charge is 0.326 e. The molecule has 1 aromatic carbocycles. The third kappa shape index (κ3) is 3.50. The van der Waals surface area contributed by atoms with Crippen molar-refractivity contribution in [3.63, 3.8) is 0 Å². The predicted molar refractivity (Wildman–Crippen MR) is 68.9 cm³/mol. The molecule has 0 aliphatic carbocycles. The van der Waals surface area contributed by atoms with Gasteiger partial charge in [-0.3, -0.25) is 4.79 Å². The topological polar surface area (TPSA) is 133 Å². The van der Waals surface area contributed by atoms with Gasteiger partial charge in [0.05, 0.1) is 0 Å². The molecule has 110 valence electrons. The van der Waals surface area contributed by atoms with E-state index in [0.29, 0.717) is 5.56 Å². The molecule has 8 nitrogen and oxygen atoms in total. The summed E-state index contributed by atoms with van der Waals surface area (Å²) < 4.78 is 4.51. The number of rotatable bonds is 5. The molecule has 1 amide bonds. The Balaban J connectivity index is 2.10. The zero-order chi connectivity index (χ0) is 15.4. The van der Waals surface area contributed by atoms with Crippen molar-refractivity contribution < 1.29 is 29.4 Å². The molecule has 0 saturated carbocycles. The van der Waals surface area contributed by atoms with Crippen LogP contribution in [0.25, 0.3) is 0 Å². The number of hydrogen-bond donors (Lipinski definition) is 4. The van der Waals surface area contributed by atoms with Crippen LogP contribution in [0.1, 0.15) is 16.1 Å².